The molecule has 0 heterocycles. The molecule has 6 nitrogen and oxygen atoms in total. The van der Waals surface area contributed by atoms with Crippen LogP contribution < -0.4 is 0 Å². The van der Waals surface area contributed by atoms with Gasteiger partial charge in [-0.3, -0.25) is 14.4 Å². The Labute approximate surface area is 364 Å². The van der Waals surface area contributed by atoms with E-state index in [9.17, 15) is 14.4 Å². The molecule has 1 atom stereocenters. The summed E-state index contributed by atoms with van der Waals surface area (Å²) in [4.78, 5) is 37.8. The van der Waals surface area contributed by atoms with Crippen molar-refractivity contribution < 1.29 is 28.6 Å². The van der Waals surface area contributed by atoms with Crippen molar-refractivity contribution in [2.24, 2.45) is 0 Å². The monoisotopic (exact) mass is 825 g/mol. The minimum Gasteiger partial charge on any atom is -0.462 e. The third kappa shape index (κ3) is 46.0. The summed E-state index contributed by atoms with van der Waals surface area (Å²) in [7, 11) is 0. The lowest BCUT2D eigenvalue weighted by molar-refractivity contribution is -0.167. The van der Waals surface area contributed by atoms with Crippen molar-refractivity contribution in [2.45, 2.75) is 245 Å². The molecule has 0 radical (unpaired) electrons. The Hall–Kier alpha value is -2.89. The van der Waals surface area contributed by atoms with Gasteiger partial charge in [-0.05, 0) is 57.8 Å². The van der Waals surface area contributed by atoms with Crippen LogP contribution in [0.2, 0.25) is 0 Å². The predicted octanol–water partition coefficient (Wildman–Crippen LogP) is 16.1. The van der Waals surface area contributed by atoms with Gasteiger partial charge in [0.15, 0.2) is 6.10 Å². The van der Waals surface area contributed by atoms with E-state index in [2.05, 4.69) is 81.5 Å². The normalized spacial score (nSPS) is 12.5. The van der Waals surface area contributed by atoms with E-state index in [1.54, 1.807) is 0 Å². The van der Waals surface area contributed by atoms with Gasteiger partial charge in [-0.2, -0.15) is 0 Å². The number of carbonyl (C=O) groups is 3. The molecular formula is C53H92O6. The van der Waals surface area contributed by atoms with E-state index in [0.29, 0.717) is 19.3 Å². The van der Waals surface area contributed by atoms with Crippen LogP contribution in [0.1, 0.15) is 239 Å². The second kappa shape index (κ2) is 47.8. The third-order valence-corrected chi connectivity index (χ3v) is 10.5. The minimum absolute atomic E-state index is 0.0894. The molecule has 0 aromatic rings. The zero-order chi connectivity index (χ0) is 43.0. The van der Waals surface area contributed by atoms with Gasteiger partial charge in [0.25, 0.3) is 0 Å². The molecule has 0 spiro atoms. The van der Waals surface area contributed by atoms with E-state index in [1.165, 1.54) is 116 Å². The number of hydrogen-bond acceptors (Lipinski definition) is 6. The number of unbranched alkanes of at least 4 members (excludes halogenated alkanes) is 23. The Morgan fingerprint density at radius 2 is 0.661 bits per heavy atom. The zero-order valence-corrected chi connectivity index (χ0v) is 38.8. The van der Waals surface area contributed by atoms with Crippen LogP contribution in [0.25, 0.3) is 0 Å². The maximum Gasteiger partial charge on any atom is 0.306 e. The smallest absolute Gasteiger partial charge is 0.306 e. The van der Waals surface area contributed by atoms with Gasteiger partial charge in [-0.15, -0.1) is 0 Å². The van der Waals surface area contributed by atoms with Gasteiger partial charge in [0, 0.05) is 19.3 Å². The molecule has 1 unspecified atom stereocenters. The second-order valence-corrected chi connectivity index (χ2v) is 16.4. The van der Waals surface area contributed by atoms with Crippen LogP contribution >= 0.6 is 0 Å². The Balaban J connectivity index is 4.38. The van der Waals surface area contributed by atoms with Crippen LogP contribution in [0.4, 0.5) is 0 Å². The number of allylic oxidation sites excluding steroid dienone is 10. The van der Waals surface area contributed by atoms with Crippen molar-refractivity contribution in [2.75, 3.05) is 13.2 Å². The van der Waals surface area contributed by atoms with Crippen LogP contribution in [-0.4, -0.2) is 37.2 Å². The molecule has 0 saturated carbocycles. The first-order valence-electron chi connectivity index (χ1n) is 24.8. The first kappa shape index (κ1) is 56.1. The molecule has 340 valence electrons. The summed E-state index contributed by atoms with van der Waals surface area (Å²) >= 11 is 0. The summed E-state index contributed by atoms with van der Waals surface area (Å²) in [5.74, 6) is -0.950. The molecule has 0 rings (SSSR count). The number of carbonyl (C=O) groups excluding carboxylic acids is 3. The largest absolute Gasteiger partial charge is 0.462 e. The maximum atomic E-state index is 12.8. The Morgan fingerprint density at radius 1 is 0.356 bits per heavy atom. The standard InChI is InChI=1S/C53H92O6/c1-4-7-10-13-16-19-21-23-25-27-29-30-32-34-37-40-43-46-52(55)58-49-50(48-57-51(54)45-42-39-36-18-15-12-9-6-3)59-53(56)47-44-41-38-35-33-31-28-26-24-22-20-17-14-11-8-5-2/h7,10,16,19,23,25,29-30,34,37,50H,4-6,8-9,11-15,17-18,20-22,24,26-28,31-33,35-36,38-49H2,1-3H3/b10-7-,19-16-,25-23-,30-29-,37-34-. The Kier molecular flexibility index (Phi) is 45.4. The molecule has 0 aliphatic rings. The molecule has 0 saturated heterocycles. The zero-order valence-electron chi connectivity index (χ0n) is 38.8. The lowest BCUT2D eigenvalue weighted by Crippen LogP contribution is -2.30. The summed E-state index contributed by atoms with van der Waals surface area (Å²) < 4.78 is 16.7. The van der Waals surface area contributed by atoms with Crippen LogP contribution in [0, 0.1) is 0 Å². The van der Waals surface area contributed by atoms with Gasteiger partial charge < -0.3 is 14.2 Å². The number of ether oxygens (including phenoxy) is 3. The third-order valence-electron chi connectivity index (χ3n) is 10.5. The van der Waals surface area contributed by atoms with Crippen molar-refractivity contribution in [1.82, 2.24) is 0 Å². The van der Waals surface area contributed by atoms with Gasteiger partial charge in [0.1, 0.15) is 13.2 Å². The van der Waals surface area contributed by atoms with E-state index in [1.807, 2.05) is 0 Å². The van der Waals surface area contributed by atoms with Crippen molar-refractivity contribution in [1.29, 1.82) is 0 Å². The van der Waals surface area contributed by atoms with Gasteiger partial charge >= 0.3 is 17.9 Å². The molecule has 0 aliphatic carbocycles. The van der Waals surface area contributed by atoms with Crippen LogP contribution in [0.15, 0.2) is 60.8 Å². The average molecular weight is 825 g/mol. The summed E-state index contributed by atoms with van der Waals surface area (Å²) in [5, 5.41) is 0. The molecule has 0 N–H and O–H groups in total. The lowest BCUT2D eigenvalue weighted by atomic mass is 10.0. The first-order chi connectivity index (χ1) is 29.0. The Bertz CT molecular complexity index is 1090. The fourth-order valence-corrected chi connectivity index (χ4v) is 6.83. The van der Waals surface area contributed by atoms with E-state index in [4.69, 9.17) is 14.2 Å². The molecular weight excluding hydrogens is 733 g/mol. The van der Waals surface area contributed by atoms with Gasteiger partial charge in [-0.1, -0.05) is 223 Å². The van der Waals surface area contributed by atoms with Gasteiger partial charge in [0.05, 0.1) is 0 Å². The number of hydrogen-bond donors (Lipinski definition) is 0. The van der Waals surface area contributed by atoms with Crippen molar-refractivity contribution in [3.63, 3.8) is 0 Å². The minimum atomic E-state index is -0.791. The molecule has 0 fully saturated rings. The molecule has 0 amide bonds. The summed E-state index contributed by atoms with van der Waals surface area (Å²) in [6.45, 7) is 6.45. The highest BCUT2D eigenvalue weighted by Crippen LogP contribution is 2.15. The van der Waals surface area contributed by atoms with Gasteiger partial charge in [0.2, 0.25) is 0 Å². The van der Waals surface area contributed by atoms with E-state index in [0.717, 1.165) is 77.0 Å². The first-order valence-corrected chi connectivity index (χ1v) is 24.8. The number of esters is 3. The SMILES string of the molecule is CC/C=C\C/C=C\C/C=C\C/C=C\C/C=C\CCCC(=O)OCC(COC(=O)CCCCCCCCCC)OC(=O)CCCCCCCCCCCCCCCCCC. The fourth-order valence-electron chi connectivity index (χ4n) is 6.83. The maximum absolute atomic E-state index is 12.8. The summed E-state index contributed by atoms with van der Waals surface area (Å²) in [6.07, 6.45) is 57.9. The van der Waals surface area contributed by atoms with Crippen molar-refractivity contribution >= 4 is 17.9 Å². The summed E-state index contributed by atoms with van der Waals surface area (Å²) in [6, 6.07) is 0. The molecule has 0 aliphatic heterocycles. The predicted molar refractivity (Wildman–Crippen MR) is 251 cm³/mol. The number of rotatable bonds is 44. The molecule has 59 heavy (non-hydrogen) atoms. The van der Waals surface area contributed by atoms with Crippen LogP contribution in [0.3, 0.4) is 0 Å². The Morgan fingerprint density at radius 3 is 1.03 bits per heavy atom. The fraction of sp³-hybridized carbons (Fsp3) is 0.755. The topological polar surface area (TPSA) is 78.9 Å². The van der Waals surface area contributed by atoms with Gasteiger partial charge in [-0.25, -0.2) is 0 Å². The summed E-state index contributed by atoms with van der Waals surface area (Å²) in [5.41, 5.74) is 0. The van der Waals surface area contributed by atoms with Crippen LogP contribution in [0.5, 0.6) is 0 Å². The lowest BCUT2D eigenvalue weighted by Gasteiger charge is -2.18. The average Bonchev–Trinajstić information content (AvgIpc) is 3.23. The van der Waals surface area contributed by atoms with Crippen molar-refractivity contribution in [3.05, 3.63) is 60.8 Å². The molecule has 0 aromatic heterocycles. The highest BCUT2D eigenvalue weighted by molar-refractivity contribution is 5.71. The van der Waals surface area contributed by atoms with E-state index >= 15 is 0 Å². The molecule has 0 bridgehead atoms. The molecule has 0 aromatic carbocycles. The van der Waals surface area contributed by atoms with E-state index in [-0.39, 0.29) is 37.5 Å². The highest BCUT2D eigenvalue weighted by Gasteiger charge is 2.19. The van der Waals surface area contributed by atoms with Crippen molar-refractivity contribution in [3.8, 4) is 0 Å². The van der Waals surface area contributed by atoms with Crippen LogP contribution in [-0.2, 0) is 28.6 Å². The second-order valence-electron chi connectivity index (χ2n) is 16.4. The highest BCUT2D eigenvalue weighted by atomic mass is 16.6. The quantitative estimate of drug-likeness (QED) is 0.0263. The molecule has 6 heteroatoms. The van der Waals surface area contributed by atoms with E-state index < -0.39 is 6.10 Å².